The first-order valence-corrected chi connectivity index (χ1v) is 5.52. The molecule has 86 valence electrons. The molecule has 15 heavy (non-hydrogen) atoms. The maximum Gasteiger partial charge on any atom is 0.0624 e. The van der Waals surface area contributed by atoms with Crippen LogP contribution < -0.4 is 5.73 Å². The third-order valence-corrected chi connectivity index (χ3v) is 2.40. The highest BCUT2D eigenvalue weighted by atomic mass is 16.5. The third-order valence-electron chi connectivity index (χ3n) is 2.40. The monoisotopic (exact) mass is 211 g/mol. The van der Waals surface area contributed by atoms with E-state index >= 15 is 0 Å². The lowest BCUT2D eigenvalue weighted by Crippen LogP contribution is -2.29. The van der Waals surface area contributed by atoms with Gasteiger partial charge in [0.25, 0.3) is 0 Å². The molecule has 4 heteroatoms. The zero-order valence-electron chi connectivity index (χ0n) is 9.86. The van der Waals surface area contributed by atoms with Crippen LogP contribution in [0.4, 0.5) is 0 Å². The van der Waals surface area contributed by atoms with Crippen LogP contribution >= 0.6 is 0 Å². The molecule has 4 nitrogen and oxygen atoms in total. The van der Waals surface area contributed by atoms with Crippen molar-refractivity contribution >= 4 is 0 Å². The Kier molecular flexibility index (Phi) is 4.78. The van der Waals surface area contributed by atoms with Gasteiger partial charge < -0.3 is 10.5 Å². The van der Waals surface area contributed by atoms with Gasteiger partial charge in [-0.05, 0) is 19.4 Å². The van der Waals surface area contributed by atoms with Crippen molar-refractivity contribution in [3.8, 4) is 0 Å². The fourth-order valence-corrected chi connectivity index (χ4v) is 1.53. The molecular formula is C11H21N3O. The Morgan fingerprint density at radius 2 is 2.27 bits per heavy atom. The van der Waals surface area contributed by atoms with E-state index in [-0.39, 0.29) is 6.04 Å². The van der Waals surface area contributed by atoms with Crippen molar-refractivity contribution in [2.75, 3.05) is 13.2 Å². The van der Waals surface area contributed by atoms with E-state index in [9.17, 15) is 0 Å². The van der Waals surface area contributed by atoms with Gasteiger partial charge in [0, 0.05) is 31.8 Å². The zero-order valence-corrected chi connectivity index (χ0v) is 9.86. The lowest BCUT2D eigenvalue weighted by atomic mass is 10.1. The fourth-order valence-electron chi connectivity index (χ4n) is 1.53. The van der Waals surface area contributed by atoms with E-state index < -0.39 is 0 Å². The molecule has 0 aromatic carbocycles. The minimum atomic E-state index is 0.0602. The number of aromatic nitrogens is 2. The molecule has 0 radical (unpaired) electrons. The van der Waals surface area contributed by atoms with E-state index in [0.29, 0.717) is 6.61 Å². The van der Waals surface area contributed by atoms with E-state index in [4.69, 9.17) is 10.5 Å². The second-order valence-corrected chi connectivity index (χ2v) is 3.73. The Bertz CT molecular complexity index is 296. The van der Waals surface area contributed by atoms with Gasteiger partial charge in [-0.3, -0.25) is 4.68 Å². The molecule has 1 atom stereocenters. The summed E-state index contributed by atoms with van der Waals surface area (Å²) in [5.41, 5.74) is 8.25. The molecule has 1 unspecified atom stereocenters. The van der Waals surface area contributed by atoms with Gasteiger partial charge in [-0.15, -0.1) is 0 Å². The highest BCUT2D eigenvalue weighted by Gasteiger charge is 2.09. The predicted molar refractivity (Wildman–Crippen MR) is 60.8 cm³/mol. The maximum atomic E-state index is 5.95. The van der Waals surface area contributed by atoms with Crippen molar-refractivity contribution in [1.82, 2.24) is 9.78 Å². The van der Waals surface area contributed by atoms with Crippen LogP contribution in [0.1, 0.15) is 25.2 Å². The number of nitrogens with zero attached hydrogens (tertiary/aromatic N) is 2. The summed E-state index contributed by atoms with van der Waals surface area (Å²) in [6.45, 7) is 5.42. The van der Waals surface area contributed by atoms with Crippen molar-refractivity contribution < 1.29 is 4.74 Å². The number of nitrogens with two attached hydrogens (primary N) is 1. The standard InChI is InChI=1S/C11H21N3O/c1-4-10-7-11(14(3)13-10)6-9(12)8-15-5-2/h7,9H,4-6,8,12H2,1-3H3. The summed E-state index contributed by atoms with van der Waals surface area (Å²) in [6.07, 6.45) is 1.79. The first-order valence-electron chi connectivity index (χ1n) is 5.52. The minimum absolute atomic E-state index is 0.0602. The quantitative estimate of drug-likeness (QED) is 0.760. The van der Waals surface area contributed by atoms with Crippen LogP contribution in [0.2, 0.25) is 0 Å². The van der Waals surface area contributed by atoms with Crippen LogP contribution in [0.25, 0.3) is 0 Å². The molecule has 0 aliphatic rings. The van der Waals surface area contributed by atoms with Crippen molar-refractivity contribution in [3.05, 3.63) is 17.5 Å². The molecular weight excluding hydrogens is 190 g/mol. The highest BCUT2D eigenvalue weighted by molar-refractivity contribution is 5.11. The van der Waals surface area contributed by atoms with E-state index in [0.717, 1.165) is 25.1 Å². The molecule has 0 saturated heterocycles. The first kappa shape index (κ1) is 12.2. The summed E-state index contributed by atoms with van der Waals surface area (Å²) in [5, 5.41) is 4.38. The minimum Gasteiger partial charge on any atom is -0.380 e. The van der Waals surface area contributed by atoms with Crippen molar-refractivity contribution in [1.29, 1.82) is 0 Å². The SMILES string of the molecule is CCOCC(N)Cc1cc(CC)nn1C. The summed E-state index contributed by atoms with van der Waals surface area (Å²) in [6, 6.07) is 2.18. The molecule has 0 fully saturated rings. The molecule has 1 aromatic heterocycles. The molecule has 2 N–H and O–H groups in total. The summed E-state index contributed by atoms with van der Waals surface area (Å²) < 4.78 is 7.19. The van der Waals surface area contributed by atoms with Crippen molar-refractivity contribution in [2.24, 2.45) is 12.8 Å². The molecule has 0 spiro atoms. The molecule has 0 aliphatic heterocycles. The Hall–Kier alpha value is -0.870. The topological polar surface area (TPSA) is 53.1 Å². The number of hydrogen-bond acceptors (Lipinski definition) is 3. The van der Waals surface area contributed by atoms with Gasteiger partial charge >= 0.3 is 0 Å². The van der Waals surface area contributed by atoms with Gasteiger partial charge in [0.1, 0.15) is 0 Å². The lowest BCUT2D eigenvalue weighted by molar-refractivity contribution is 0.132. The second-order valence-electron chi connectivity index (χ2n) is 3.73. The van der Waals surface area contributed by atoms with E-state index in [1.54, 1.807) is 0 Å². The molecule has 0 bridgehead atoms. The highest BCUT2D eigenvalue weighted by Crippen LogP contribution is 2.06. The van der Waals surface area contributed by atoms with Gasteiger partial charge in [-0.25, -0.2) is 0 Å². The number of aryl methyl sites for hydroxylation is 2. The molecule has 0 amide bonds. The first-order chi connectivity index (χ1) is 7.17. The summed E-state index contributed by atoms with van der Waals surface area (Å²) in [5.74, 6) is 0. The van der Waals surface area contributed by atoms with Crippen LogP contribution in [0.5, 0.6) is 0 Å². The van der Waals surface area contributed by atoms with Crippen LogP contribution in [-0.2, 0) is 24.6 Å². The average molecular weight is 211 g/mol. The molecule has 1 rings (SSSR count). The van der Waals surface area contributed by atoms with Crippen LogP contribution in [0, 0.1) is 0 Å². The van der Waals surface area contributed by atoms with E-state index in [2.05, 4.69) is 18.1 Å². The Balaban J connectivity index is 2.51. The summed E-state index contributed by atoms with van der Waals surface area (Å²) in [7, 11) is 1.96. The largest absolute Gasteiger partial charge is 0.380 e. The molecule has 1 aromatic rings. The normalized spacial score (nSPS) is 13.1. The lowest BCUT2D eigenvalue weighted by Gasteiger charge is -2.10. The second kappa shape index (κ2) is 5.88. The Labute approximate surface area is 91.4 Å². The number of rotatable bonds is 6. The van der Waals surface area contributed by atoms with Gasteiger partial charge in [-0.2, -0.15) is 5.10 Å². The van der Waals surface area contributed by atoms with Crippen molar-refractivity contribution in [2.45, 2.75) is 32.7 Å². The Morgan fingerprint density at radius 1 is 1.53 bits per heavy atom. The maximum absolute atomic E-state index is 5.95. The van der Waals surface area contributed by atoms with Gasteiger partial charge in [0.05, 0.1) is 12.3 Å². The van der Waals surface area contributed by atoms with Crippen LogP contribution in [-0.4, -0.2) is 29.0 Å². The number of ether oxygens (including phenoxy) is 1. The summed E-state index contributed by atoms with van der Waals surface area (Å²) >= 11 is 0. The van der Waals surface area contributed by atoms with Gasteiger partial charge in [0.15, 0.2) is 0 Å². The number of hydrogen-bond donors (Lipinski definition) is 1. The van der Waals surface area contributed by atoms with Gasteiger partial charge in [0.2, 0.25) is 0 Å². The van der Waals surface area contributed by atoms with Crippen LogP contribution in [0.3, 0.4) is 0 Å². The summed E-state index contributed by atoms with van der Waals surface area (Å²) in [4.78, 5) is 0. The molecule has 0 aliphatic carbocycles. The zero-order chi connectivity index (χ0) is 11.3. The predicted octanol–water partition coefficient (Wildman–Crippen LogP) is 0.889. The fraction of sp³-hybridized carbons (Fsp3) is 0.727. The van der Waals surface area contributed by atoms with Gasteiger partial charge in [-0.1, -0.05) is 6.92 Å². The van der Waals surface area contributed by atoms with E-state index in [1.807, 2.05) is 18.7 Å². The van der Waals surface area contributed by atoms with E-state index in [1.165, 1.54) is 5.69 Å². The molecule has 0 saturated carbocycles. The van der Waals surface area contributed by atoms with Crippen molar-refractivity contribution in [3.63, 3.8) is 0 Å². The third kappa shape index (κ3) is 3.64. The smallest absolute Gasteiger partial charge is 0.0624 e. The molecule has 1 heterocycles. The van der Waals surface area contributed by atoms with Crippen LogP contribution in [0.15, 0.2) is 6.07 Å². The Morgan fingerprint density at radius 3 is 2.80 bits per heavy atom. The average Bonchev–Trinajstić information content (AvgIpc) is 2.57.